The minimum absolute atomic E-state index is 0.223. The van der Waals surface area contributed by atoms with Gasteiger partial charge in [-0.05, 0) is 24.6 Å². The molecule has 0 aromatic heterocycles. The first-order valence-corrected chi connectivity index (χ1v) is 5.16. The number of rotatable bonds is 4. The van der Waals surface area contributed by atoms with Gasteiger partial charge in [-0.1, -0.05) is 6.92 Å². The van der Waals surface area contributed by atoms with Crippen molar-refractivity contribution in [2.24, 2.45) is 0 Å². The molecule has 0 aliphatic carbocycles. The second-order valence-corrected chi connectivity index (χ2v) is 3.39. The van der Waals surface area contributed by atoms with Crippen LogP contribution in [-0.2, 0) is 4.74 Å². The number of methoxy groups -OCH3 is 1. The molecule has 1 aromatic rings. The molecule has 1 atom stereocenters. The van der Waals surface area contributed by atoms with E-state index in [-0.39, 0.29) is 5.56 Å². The van der Waals surface area contributed by atoms with Crippen molar-refractivity contribution < 1.29 is 14.3 Å². The summed E-state index contributed by atoms with van der Waals surface area (Å²) in [6.07, 6.45) is -0.319. The van der Waals surface area contributed by atoms with E-state index in [9.17, 15) is 4.79 Å². The standard InChI is InChI=1S/C12H14N2O3/c1-3-9(7-13)17-12(15)10-6-8(14)4-5-11(10)16-2/h4-6,9H,3,14H2,1-2H3. The van der Waals surface area contributed by atoms with Crippen LogP contribution < -0.4 is 10.5 Å². The maximum absolute atomic E-state index is 11.8. The van der Waals surface area contributed by atoms with E-state index in [0.717, 1.165) is 0 Å². The van der Waals surface area contributed by atoms with Crippen molar-refractivity contribution in [1.29, 1.82) is 5.26 Å². The molecule has 1 aromatic carbocycles. The molecule has 0 aliphatic heterocycles. The SMILES string of the molecule is CCC(C#N)OC(=O)c1cc(N)ccc1OC. The molecule has 0 radical (unpaired) electrons. The molecule has 0 spiro atoms. The van der Waals surface area contributed by atoms with Gasteiger partial charge >= 0.3 is 5.97 Å². The van der Waals surface area contributed by atoms with Gasteiger partial charge in [-0.2, -0.15) is 5.26 Å². The Kier molecular flexibility index (Phi) is 4.35. The van der Waals surface area contributed by atoms with Crippen molar-refractivity contribution in [2.45, 2.75) is 19.4 Å². The molecule has 0 saturated carbocycles. The zero-order valence-corrected chi connectivity index (χ0v) is 9.77. The summed E-state index contributed by atoms with van der Waals surface area (Å²) < 4.78 is 10.0. The van der Waals surface area contributed by atoms with Crippen molar-refractivity contribution in [3.05, 3.63) is 23.8 Å². The molecule has 5 nitrogen and oxygen atoms in total. The summed E-state index contributed by atoms with van der Waals surface area (Å²) in [5.74, 6) is -0.237. The van der Waals surface area contributed by atoms with E-state index in [0.29, 0.717) is 17.9 Å². The van der Waals surface area contributed by atoms with Crippen LogP contribution in [0.3, 0.4) is 0 Å². The van der Waals surface area contributed by atoms with E-state index in [4.69, 9.17) is 20.5 Å². The largest absolute Gasteiger partial charge is 0.496 e. The molecule has 1 rings (SSSR count). The number of nitrogen functional groups attached to an aromatic ring is 1. The van der Waals surface area contributed by atoms with Gasteiger partial charge in [-0.3, -0.25) is 0 Å². The summed E-state index contributed by atoms with van der Waals surface area (Å²) in [6, 6.07) is 6.56. The van der Waals surface area contributed by atoms with Crippen LogP contribution in [0, 0.1) is 11.3 Å². The molecular weight excluding hydrogens is 220 g/mol. The average Bonchev–Trinajstić information content (AvgIpc) is 2.35. The fourth-order valence-electron chi connectivity index (χ4n) is 1.28. The Morgan fingerprint density at radius 3 is 2.82 bits per heavy atom. The van der Waals surface area contributed by atoms with E-state index in [2.05, 4.69) is 0 Å². The summed E-state index contributed by atoms with van der Waals surface area (Å²) in [6.45, 7) is 1.76. The lowest BCUT2D eigenvalue weighted by Gasteiger charge is -2.11. The second-order valence-electron chi connectivity index (χ2n) is 3.39. The summed E-state index contributed by atoms with van der Waals surface area (Å²) in [4.78, 5) is 11.8. The fourth-order valence-corrected chi connectivity index (χ4v) is 1.28. The van der Waals surface area contributed by atoms with Crippen molar-refractivity contribution in [2.75, 3.05) is 12.8 Å². The van der Waals surface area contributed by atoms with Crippen LogP contribution in [0.4, 0.5) is 5.69 Å². The number of carbonyl (C=O) groups is 1. The highest BCUT2D eigenvalue weighted by Gasteiger charge is 2.18. The number of benzene rings is 1. The average molecular weight is 234 g/mol. The number of nitriles is 1. The van der Waals surface area contributed by atoms with Crippen LogP contribution in [0.1, 0.15) is 23.7 Å². The molecule has 0 heterocycles. The van der Waals surface area contributed by atoms with E-state index in [1.54, 1.807) is 19.1 Å². The number of hydrogen-bond acceptors (Lipinski definition) is 5. The number of esters is 1. The monoisotopic (exact) mass is 234 g/mol. The highest BCUT2D eigenvalue weighted by atomic mass is 16.5. The Morgan fingerprint density at radius 2 is 2.29 bits per heavy atom. The molecular formula is C12H14N2O3. The number of nitrogens with two attached hydrogens (primary N) is 1. The van der Waals surface area contributed by atoms with E-state index in [1.807, 2.05) is 6.07 Å². The molecule has 90 valence electrons. The topological polar surface area (TPSA) is 85.3 Å². The maximum Gasteiger partial charge on any atom is 0.343 e. The van der Waals surface area contributed by atoms with Gasteiger partial charge in [0.1, 0.15) is 17.4 Å². The summed E-state index contributed by atoms with van der Waals surface area (Å²) >= 11 is 0. The Morgan fingerprint density at radius 1 is 1.59 bits per heavy atom. The van der Waals surface area contributed by atoms with Gasteiger partial charge < -0.3 is 15.2 Å². The number of hydrogen-bond donors (Lipinski definition) is 1. The first-order chi connectivity index (χ1) is 8.12. The number of anilines is 1. The van der Waals surface area contributed by atoms with Crippen molar-refractivity contribution in [1.82, 2.24) is 0 Å². The van der Waals surface area contributed by atoms with E-state index in [1.165, 1.54) is 13.2 Å². The highest BCUT2D eigenvalue weighted by Crippen LogP contribution is 2.22. The third-order valence-corrected chi connectivity index (χ3v) is 2.21. The number of ether oxygens (including phenoxy) is 2. The first-order valence-electron chi connectivity index (χ1n) is 5.16. The Bertz CT molecular complexity index is 452. The second kappa shape index (κ2) is 5.75. The van der Waals surface area contributed by atoms with Gasteiger partial charge in [-0.15, -0.1) is 0 Å². The predicted octanol–water partition coefficient (Wildman–Crippen LogP) is 1.74. The third-order valence-electron chi connectivity index (χ3n) is 2.21. The molecule has 0 fully saturated rings. The molecule has 0 amide bonds. The Hall–Kier alpha value is -2.22. The van der Waals surface area contributed by atoms with Gasteiger partial charge in [-0.25, -0.2) is 4.79 Å². The van der Waals surface area contributed by atoms with Crippen LogP contribution in [0.2, 0.25) is 0 Å². The lowest BCUT2D eigenvalue weighted by Crippen LogP contribution is -2.16. The quantitative estimate of drug-likeness (QED) is 0.633. The number of nitrogens with zero attached hydrogens (tertiary/aromatic N) is 1. The molecule has 0 aliphatic rings. The molecule has 0 bridgehead atoms. The molecule has 1 unspecified atom stereocenters. The smallest absolute Gasteiger partial charge is 0.343 e. The predicted molar refractivity (Wildman–Crippen MR) is 62.5 cm³/mol. The highest BCUT2D eigenvalue weighted by molar-refractivity contribution is 5.93. The summed E-state index contributed by atoms with van der Waals surface area (Å²) in [5, 5.41) is 8.72. The van der Waals surface area contributed by atoms with E-state index >= 15 is 0 Å². The molecule has 5 heteroatoms. The molecule has 0 saturated heterocycles. The Balaban J connectivity index is 2.95. The lowest BCUT2D eigenvalue weighted by atomic mass is 10.2. The van der Waals surface area contributed by atoms with Gasteiger partial charge in [0.2, 0.25) is 0 Å². The summed E-state index contributed by atoms with van der Waals surface area (Å²) in [5.41, 5.74) is 6.24. The Labute approximate surface area is 99.7 Å². The van der Waals surface area contributed by atoms with Crippen molar-refractivity contribution in [3.8, 4) is 11.8 Å². The molecule has 2 N–H and O–H groups in total. The first kappa shape index (κ1) is 12.8. The minimum Gasteiger partial charge on any atom is -0.496 e. The van der Waals surface area contributed by atoms with Gasteiger partial charge in [0, 0.05) is 5.69 Å². The van der Waals surface area contributed by atoms with Crippen molar-refractivity contribution >= 4 is 11.7 Å². The van der Waals surface area contributed by atoms with Crippen LogP contribution in [-0.4, -0.2) is 19.2 Å². The van der Waals surface area contributed by atoms with E-state index < -0.39 is 12.1 Å². The van der Waals surface area contributed by atoms with Gasteiger partial charge in [0.15, 0.2) is 6.10 Å². The van der Waals surface area contributed by atoms with Crippen LogP contribution >= 0.6 is 0 Å². The third kappa shape index (κ3) is 3.11. The van der Waals surface area contributed by atoms with Crippen LogP contribution in [0.15, 0.2) is 18.2 Å². The van der Waals surface area contributed by atoms with Crippen molar-refractivity contribution in [3.63, 3.8) is 0 Å². The zero-order chi connectivity index (χ0) is 12.8. The lowest BCUT2D eigenvalue weighted by molar-refractivity contribution is 0.0397. The van der Waals surface area contributed by atoms with Crippen LogP contribution in [0.25, 0.3) is 0 Å². The van der Waals surface area contributed by atoms with Gasteiger partial charge in [0.25, 0.3) is 0 Å². The molecule has 17 heavy (non-hydrogen) atoms. The van der Waals surface area contributed by atoms with Crippen LogP contribution in [0.5, 0.6) is 5.75 Å². The zero-order valence-electron chi connectivity index (χ0n) is 9.77. The number of carbonyl (C=O) groups excluding carboxylic acids is 1. The minimum atomic E-state index is -0.756. The normalized spacial score (nSPS) is 11.4. The maximum atomic E-state index is 11.8. The van der Waals surface area contributed by atoms with Gasteiger partial charge in [0.05, 0.1) is 7.11 Å². The fraction of sp³-hybridized carbons (Fsp3) is 0.333. The summed E-state index contributed by atoms with van der Waals surface area (Å²) in [7, 11) is 1.45.